The van der Waals surface area contributed by atoms with Crippen molar-refractivity contribution in [1.29, 1.82) is 0 Å². The van der Waals surface area contributed by atoms with Gasteiger partial charge in [0.1, 0.15) is 17.9 Å². The number of carbonyl (C=O) groups is 3. The molecule has 0 bridgehead atoms. The van der Waals surface area contributed by atoms with Crippen molar-refractivity contribution in [3.63, 3.8) is 0 Å². The minimum atomic E-state index is -1.27. The first-order chi connectivity index (χ1) is 12.9. The Kier molecular flexibility index (Phi) is 5.30. The van der Waals surface area contributed by atoms with Crippen molar-refractivity contribution in [2.45, 2.75) is 45.1 Å². The van der Waals surface area contributed by atoms with Crippen LogP contribution in [-0.2, 0) is 15.1 Å². The van der Waals surface area contributed by atoms with Crippen LogP contribution in [0.2, 0.25) is 0 Å². The third-order valence-electron chi connectivity index (χ3n) is 5.32. The second-order valence-corrected chi connectivity index (χ2v) is 6.81. The van der Waals surface area contributed by atoms with E-state index < -0.39 is 23.3 Å². The highest BCUT2D eigenvalue weighted by molar-refractivity contribution is 6.09. The fraction of sp³-hybridized carbons (Fsp3) is 0.450. The van der Waals surface area contributed by atoms with Gasteiger partial charge in [0.2, 0.25) is 5.91 Å². The number of urea groups is 1. The molecule has 1 unspecified atom stereocenters. The number of hydrogen-bond acceptors (Lipinski definition) is 3. The maximum atomic E-state index is 13.3. The van der Waals surface area contributed by atoms with Crippen LogP contribution < -0.4 is 5.32 Å². The first-order valence-electron chi connectivity index (χ1n) is 9.32. The van der Waals surface area contributed by atoms with Crippen molar-refractivity contribution in [2.75, 3.05) is 13.1 Å². The van der Waals surface area contributed by atoms with Gasteiger partial charge in [0.05, 0.1) is 0 Å². The Hall–Kier alpha value is -2.70. The predicted molar refractivity (Wildman–Crippen MR) is 97.9 cm³/mol. The number of amides is 4. The van der Waals surface area contributed by atoms with E-state index in [1.807, 2.05) is 13.0 Å². The maximum absolute atomic E-state index is 13.3. The molecule has 1 atom stereocenters. The normalized spacial score (nSPS) is 22.0. The number of halogens is 1. The van der Waals surface area contributed by atoms with Crippen LogP contribution in [0.3, 0.4) is 0 Å². The monoisotopic (exact) mass is 373 g/mol. The molecule has 144 valence electrons. The minimum Gasteiger partial charge on any atom is -0.319 e. The molecule has 0 aromatic heterocycles. The number of nitrogens with zero attached hydrogens (tertiary/aromatic N) is 2. The lowest BCUT2D eigenvalue weighted by Crippen LogP contribution is -2.45. The molecule has 1 aliphatic heterocycles. The van der Waals surface area contributed by atoms with Crippen molar-refractivity contribution in [2.24, 2.45) is 0 Å². The summed E-state index contributed by atoms with van der Waals surface area (Å²) in [5.41, 5.74) is 0.190. The summed E-state index contributed by atoms with van der Waals surface area (Å²) in [7, 11) is 0. The lowest BCUT2D eigenvalue weighted by atomic mass is 9.87. The van der Waals surface area contributed by atoms with E-state index in [1.54, 1.807) is 11.8 Å². The van der Waals surface area contributed by atoms with E-state index in [9.17, 15) is 18.8 Å². The Bertz CT molecular complexity index is 790. The molecule has 1 aromatic carbocycles. The summed E-state index contributed by atoms with van der Waals surface area (Å²) in [6, 6.07) is 4.89. The van der Waals surface area contributed by atoms with E-state index in [4.69, 9.17) is 0 Å². The van der Waals surface area contributed by atoms with E-state index in [0.717, 1.165) is 29.9 Å². The van der Waals surface area contributed by atoms with Crippen LogP contribution in [0.25, 0.3) is 0 Å². The van der Waals surface area contributed by atoms with Gasteiger partial charge in [-0.1, -0.05) is 25.1 Å². The highest BCUT2D eigenvalue weighted by atomic mass is 19.1. The summed E-state index contributed by atoms with van der Waals surface area (Å²) in [4.78, 5) is 40.9. The number of benzene rings is 1. The van der Waals surface area contributed by atoms with Gasteiger partial charge in [-0.15, -0.1) is 0 Å². The third kappa shape index (κ3) is 3.34. The molecule has 6 nitrogen and oxygen atoms in total. The molecule has 1 aromatic rings. The van der Waals surface area contributed by atoms with Crippen molar-refractivity contribution in [3.8, 4) is 0 Å². The van der Waals surface area contributed by atoms with Crippen molar-refractivity contribution < 1.29 is 18.8 Å². The van der Waals surface area contributed by atoms with Crippen LogP contribution in [0.15, 0.2) is 36.0 Å². The maximum Gasteiger partial charge on any atom is 0.325 e. The molecular weight excluding hydrogens is 349 g/mol. The van der Waals surface area contributed by atoms with Crippen molar-refractivity contribution >= 4 is 17.8 Å². The highest BCUT2D eigenvalue weighted by Gasteiger charge is 2.51. The molecule has 1 N–H and O–H groups in total. The predicted octanol–water partition coefficient (Wildman–Crippen LogP) is 2.90. The average molecular weight is 373 g/mol. The van der Waals surface area contributed by atoms with Gasteiger partial charge in [0, 0.05) is 12.2 Å². The van der Waals surface area contributed by atoms with E-state index in [-0.39, 0.29) is 12.5 Å². The Labute approximate surface area is 158 Å². The second kappa shape index (κ2) is 7.50. The molecule has 0 spiro atoms. The van der Waals surface area contributed by atoms with E-state index >= 15 is 0 Å². The highest BCUT2D eigenvalue weighted by Crippen LogP contribution is 2.32. The average Bonchev–Trinajstić information content (AvgIpc) is 3.26. The molecule has 3 rings (SSSR count). The van der Waals surface area contributed by atoms with Crippen LogP contribution in [0.5, 0.6) is 0 Å². The van der Waals surface area contributed by atoms with Gasteiger partial charge < -0.3 is 10.2 Å². The lowest BCUT2D eigenvalue weighted by Gasteiger charge is -2.27. The first-order valence-corrected chi connectivity index (χ1v) is 9.32. The Morgan fingerprint density at radius 2 is 1.96 bits per heavy atom. The van der Waals surface area contributed by atoms with E-state index in [1.165, 1.54) is 24.3 Å². The lowest BCUT2D eigenvalue weighted by molar-refractivity contribution is -0.138. The zero-order valence-corrected chi connectivity index (χ0v) is 15.6. The molecule has 2 aliphatic rings. The number of likely N-dealkylation sites (N-methyl/N-ethyl adjacent to an activating group) is 1. The molecule has 27 heavy (non-hydrogen) atoms. The molecule has 1 saturated heterocycles. The van der Waals surface area contributed by atoms with Crippen molar-refractivity contribution in [1.82, 2.24) is 15.1 Å². The van der Waals surface area contributed by atoms with Crippen molar-refractivity contribution in [3.05, 3.63) is 47.4 Å². The van der Waals surface area contributed by atoms with Crippen LogP contribution in [0, 0.1) is 5.82 Å². The summed E-state index contributed by atoms with van der Waals surface area (Å²) < 4.78 is 13.3. The molecule has 4 amide bonds. The number of allylic oxidation sites excluding steroid dienone is 2. The molecule has 1 heterocycles. The number of hydrogen-bond donors (Lipinski definition) is 1. The third-order valence-corrected chi connectivity index (χ3v) is 5.32. The molecule has 7 heteroatoms. The fourth-order valence-corrected chi connectivity index (χ4v) is 3.80. The summed E-state index contributed by atoms with van der Waals surface area (Å²) in [6.45, 7) is 3.83. The largest absolute Gasteiger partial charge is 0.325 e. The molecule has 1 fully saturated rings. The molecular formula is C20H24FN3O3. The van der Waals surface area contributed by atoms with Gasteiger partial charge in [-0.2, -0.15) is 0 Å². The second-order valence-electron chi connectivity index (χ2n) is 6.81. The Balaban J connectivity index is 1.82. The van der Waals surface area contributed by atoms with Crippen LogP contribution in [0.4, 0.5) is 9.18 Å². The van der Waals surface area contributed by atoms with E-state index in [2.05, 4.69) is 5.32 Å². The van der Waals surface area contributed by atoms with Crippen LogP contribution in [-0.4, -0.2) is 40.7 Å². The quantitative estimate of drug-likeness (QED) is 0.780. The molecule has 0 radical (unpaired) electrons. The Morgan fingerprint density at radius 1 is 1.26 bits per heavy atom. The van der Waals surface area contributed by atoms with Crippen LogP contribution >= 0.6 is 0 Å². The topological polar surface area (TPSA) is 69.7 Å². The van der Waals surface area contributed by atoms with E-state index in [0.29, 0.717) is 18.5 Å². The standard InChI is InChI=1S/C20H24FN3O3/c1-3-20(14-9-11-15(21)12-10-14)18(26)24(19(27)22-20)13-17(25)23(4-2)16-7-5-6-8-16/h7,9-12H,3-6,8,13H2,1-2H3,(H,22,27). The van der Waals surface area contributed by atoms with Gasteiger partial charge in [0.25, 0.3) is 5.91 Å². The molecule has 0 saturated carbocycles. The smallest absolute Gasteiger partial charge is 0.319 e. The van der Waals surface area contributed by atoms with Gasteiger partial charge in [-0.05, 0) is 50.3 Å². The summed E-state index contributed by atoms with van der Waals surface area (Å²) in [6.07, 6.45) is 5.10. The first kappa shape index (κ1) is 19.1. The summed E-state index contributed by atoms with van der Waals surface area (Å²) in [5.74, 6) is -1.18. The zero-order valence-electron chi connectivity index (χ0n) is 15.6. The minimum absolute atomic E-state index is 0.278. The van der Waals surface area contributed by atoms with Gasteiger partial charge in [0.15, 0.2) is 0 Å². The number of imide groups is 1. The summed E-state index contributed by atoms with van der Waals surface area (Å²) in [5, 5.41) is 2.71. The fourth-order valence-electron chi connectivity index (χ4n) is 3.80. The Morgan fingerprint density at radius 3 is 2.52 bits per heavy atom. The number of rotatable bonds is 6. The number of carbonyl (C=O) groups excluding carboxylic acids is 3. The van der Waals surface area contributed by atoms with Gasteiger partial charge >= 0.3 is 6.03 Å². The SMILES string of the molecule is CCN(C(=O)CN1C(=O)NC(CC)(c2ccc(F)cc2)C1=O)C1=CCCC1. The zero-order chi connectivity index (χ0) is 19.6. The van der Waals surface area contributed by atoms with Gasteiger partial charge in [-0.25, -0.2) is 9.18 Å². The number of nitrogens with one attached hydrogen (secondary N) is 1. The summed E-state index contributed by atoms with van der Waals surface area (Å²) >= 11 is 0. The molecule has 1 aliphatic carbocycles. The van der Waals surface area contributed by atoms with Crippen LogP contribution in [0.1, 0.15) is 45.1 Å². The van der Waals surface area contributed by atoms with Gasteiger partial charge in [-0.3, -0.25) is 14.5 Å².